The van der Waals surface area contributed by atoms with Gasteiger partial charge in [-0.25, -0.2) is 0 Å². The summed E-state index contributed by atoms with van der Waals surface area (Å²) in [5.74, 6) is 0. The lowest BCUT2D eigenvalue weighted by molar-refractivity contribution is 0.958. The quantitative estimate of drug-likeness (QED) is 0.550. The van der Waals surface area contributed by atoms with Gasteiger partial charge in [-0.3, -0.25) is 0 Å². The molecule has 0 saturated heterocycles. The van der Waals surface area contributed by atoms with Gasteiger partial charge in [0.25, 0.3) is 0 Å². The fourth-order valence-corrected chi connectivity index (χ4v) is 2.38. The number of hydrogen-bond acceptors (Lipinski definition) is 2. The summed E-state index contributed by atoms with van der Waals surface area (Å²) in [5, 5.41) is 1.27. The van der Waals surface area contributed by atoms with E-state index >= 15 is 0 Å². The molecule has 0 spiro atoms. The Morgan fingerprint density at radius 3 is 2.92 bits per heavy atom. The Bertz CT molecular complexity index is 445. The number of aromatic nitrogens is 1. The fraction of sp³-hybridized carbons (Fsp3) is 0.100. The van der Waals surface area contributed by atoms with Gasteiger partial charge in [-0.1, -0.05) is 42.2 Å². The second-order valence-electron chi connectivity index (χ2n) is 2.84. The third-order valence-corrected chi connectivity index (χ3v) is 3.00. The molecular formula is C10H9NS2. The minimum Gasteiger partial charge on any atom is -0.349 e. The first kappa shape index (κ1) is 8.78. The number of thiocarbonyl (C=S) groups is 1. The van der Waals surface area contributed by atoms with Crippen molar-refractivity contribution in [2.75, 3.05) is 0 Å². The van der Waals surface area contributed by atoms with Crippen LogP contribution in [0.15, 0.2) is 35.4 Å². The Labute approximate surface area is 86.7 Å². The smallest absolute Gasteiger partial charge is 0.0489 e. The van der Waals surface area contributed by atoms with Gasteiger partial charge >= 0.3 is 0 Å². The molecule has 0 aliphatic heterocycles. The minimum absolute atomic E-state index is 1.23. The summed E-state index contributed by atoms with van der Waals surface area (Å²) in [7, 11) is 2.05. The Morgan fingerprint density at radius 1 is 1.38 bits per heavy atom. The number of thioether (sulfide) groups is 1. The van der Waals surface area contributed by atoms with Gasteiger partial charge in [0.2, 0.25) is 0 Å². The van der Waals surface area contributed by atoms with Crippen LogP contribution in [0.25, 0.3) is 10.9 Å². The van der Waals surface area contributed by atoms with Crippen molar-refractivity contribution < 1.29 is 0 Å². The summed E-state index contributed by atoms with van der Waals surface area (Å²) < 4.78 is 3.82. The normalized spacial score (nSPS) is 10.5. The van der Waals surface area contributed by atoms with Gasteiger partial charge in [0.1, 0.15) is 0 Å². The largest absolute Gasteiger partial charge is 0.349 e. The molecule has 0 saturated carbocycles. The number of hydrogen-bond donors (Lipinski definition) is 0. The van der Waals surface area contributed by atoms with E-state index in [0.717, 1.165) is 0 Å². The standard InChI is InChI=1S/C10H9NS2/c1-11-6-10(13-7-12)8-4-2-3-5-9(8)11/h2-7H,1H3. The van der Waals surface area contributed by atoms with Crippen molar-refractivity contribution in [2.45, 2.75) is 4.90 Å². The molecule has 3 heteroatoms. The molecule has 0 fully saturated rings. The summed E-state index contributed by atoms with van der Waals surface area (Å²) in [5.41, 5.74) is 1.25. The molecule has 0 aliphatic carbocycles. The Balaban J connectivity index is 2.70. The van der Waals surface area contributed by atoms with Crippen LogP contribution in [0, 0.1) is 0 Å². The molecule has 0 amide bonds. The predicted octanol–water partition coefficient (Wildman–Crippen LogP) is 3.23. The van der Waals surface area contributed by atoms with Gasteiger partial charge < -0.3 is 4.57 Å². The van der Waals surface area contributed by atoms with E-state index in [0.29, 0.717) is 0 Å². The number of rotatable bonds is 2. The molecule has 0 unspecified atom stereocenters. The first-order valence-corrected chi connectivity index (χ1v) is 5.32. The first-order valence-electron chi connectivity index (χ1n) is 3.97. The van der Waals surface area contributed by atoms with Gasteiger partial charge in [0.15, 0.2) is 0 Å². The van der Waals surface area contributed by atoms with Gasteiger partial charge in [0, 0.05) is 33.7 Å². The number of fused-ring (bicyclic) bond motifs is 1. The second kappa shape index (κ2) is 3.52. The van der Waals surface area contributed by atoms with Gasteiger partial charge in [0.05, 0.1) is 0 Å². The van der Waals surface area contributed by atoms with E-state index in [-0.39, 0.29) is 0 Å². The molecule has 0 aliphatic rings. The van der Waals surface area contributed by atoms with Crippen LogP contribution in [0.5, 0.6) is 0 Å². The van der Waals surface area contributed by atoms with Crippen LogP contribution < -0.4 is 0 Å². The third-order valence-electron chi connectivity index (χ3n) is 2.04. The van der Waals surface area contributed by atoms with E-state index in [1.807, 2.05) is 6.07 Å². The van der Waals surface area contributed by atoms with E-state index in [1.54, 1.807) is 16.5 Å². The van der Waals surface area contributed by atoms with Gasteiger partial charge in [-0.05, 0) is 6.07 Å². The van der Waals surface area contributed by atoms with Crippen molar-refractivity contribution in [3.8, 4) is 0 Å². The lowest BCUT2D eigenvalue weighted by Crippen LogP contribution is -1.81. The van der Waals surface area contributed by atoms with Gasteiger partial charge in [-0.2, -0.15) is 0 Å². The molecule has 66 valence electrons. The lowest BCUT2D eigenvalue weighted by atomic mass is 10.2. The van der Waals surface area contributed by atoms with E-state index in [4.69, 9.17) is 12.2 Å². The monoisotopic (exact) mass is 207 g/mol. The molecule has 2 rings (SSSR count). The topological polar surface area (TPSA) is 4.93 Å². The zero-order valence-corrected chi connectivity index (χ0v) is 8.86. The van der Waals surface area contributed by atoms with Crippen molar-refractivity contribution >= 4 is 39.6 Å². The van der Waals surface area contributed by atoms with E-state index < -0.39 is 0 Å². The van der Waals surface area contributed by atoms with Crippen molar-refractivity contribution in [1.82, 2.24) is 4.57 Å². The van der Waals surface area contributed by atoms with Crippen LogP contribution in [-0.2, 0) is 7.05 Å². The molecule has 0 atom stereocenters. The average Bonchev–Trinajstić information content (AvgIpc) is 2.46. The van der Waals surface area contributed by atoms with E-state index in [9.17, 15) is 0 Å². The molecular weight excluding hydrogens is 198 g/mol. The zero-order valence-electron chi connectivity index (χ0n) is 7.23. The van der Waals surface area contributed by atoms with Crippen molar-refractivity contribution in [3.05, 3.63) is 30.5 Å². The third kappa shape index (κ3) is 1.49. The summed E-state index contributed by atoms with van der Waals surface area (Å²) >= 11 is 6.43. The Kier molecular flexibility index (Phi) is 2.38. The summed E-state index contributed by atoms with van der Waals surface area (Å²) in [6, 6.07) is 8.34. The highest BCUT2D eigenvalue weighted by Crippen LogP contribution is 2.27. The maximum absolute atomic E-state index is 4.83. The summed E-state index contributed by atoms with van der Waals surface area (Å²) in [4.78, 5) is 1.23. The highest BCUT2D eigenvalue weighted by molar-refractivity contribution is 8.20. The van der Waals surface area contributed by atoms with Crippen molar-refractivity contribution in [2.24, 2.45) is 7.05 Å². The Hall–Kier alpha value is -0.800. The van der Waals surface area contributed by atoms with Crippen molar-refractivity contribution in [1.29, 1.82) is 0 Å². The van der Waals surface area contributed by atoms with E-state index in [2.05, 4.69) is 36.0 Å². The predicted molar refractivity (Wildman–Crippen MR) is 62.4 cm³/mol. The Morgan fingerprint density at radius 2 is 2.15 bits per heavy atom. The van der Waals surface area contributed by atoms with Gasteiger partial charge in [-0.15, -0.1) is 0 Å². The molecule has 1 nitrogen and oxygen atoms in total. The first-order chi connectivity index (χ1) is 6.33. The van der Waals surface area contributed by atoms with Crippen LogP contribution >= 0.6 is 24.0 Å². The highest BCUT2D eigenvalue weighted by atomic mass is 32.2. The minimum atomic E-state index is 1.23. The molecule has 1 aromatic heterocycles. The fourth-order valence-electron chi connectivity index (χ4n) is 1.45. The molecule has 1 heterocycles. The summed E-state index contributed by atoms with van der Waals surface area (Å²) in [6.07, 6.45) is 2.11. The highest BCUT2D eigenvalue weighted by Gasteiger charge is 2.03. The van der Waals surface area contributed by atoms with Crippen LogP contribution in [0.1, 0.15) is 0 Å². The number of para-hydroxylation sites is 1. The number of benzene rings is 1. The number of nitrogens with zero attached hydrogens (tertiary/aromatic N) is 1. The van der Waals surface area contributed by atoms with Crippen LogP contribution in [0.3, 0.4) is 0 Å². The maximum atomic E-state index is 4.83. The lowest BCUT2D eigenvalue weighted by Gasteiger charge is -1.93. The van der Waals surface area contributed by atoms with Crippen LogP contribution in [0.4, 0.5) is 0 Å². The van der Waals surface area contributed by atoms with Crippen LogP contribution in [-0.4, -0.2) is 9.27 Å². The summed E-state index contributed by atoms with van der Waals surface area (Å²) in [6.45, 7) is 0. The average molecular weight is 207 g/mol. The zero-order chi connectivity index (χ0) is 9.26. The van der Waals surface area contributed by atoms with Crippen LogP contribution in [0.2, 0.25) is 0 Å². The maximum Gasteiger partial charge on any atom is 0.0489 e. The second-order valence-corrected chi connectivity index (χ2v) is 4.28. The molecule has 0 N–H and O–H groups in total. The molecule has 0 radical (unpaired) electrons. The molecule has 1 aromatic carbocycles. The molecule has 13 heavy (non-hydrogen) atoms. The molecule has 0 bridgehead atoms. The SMILES string of the molecule is Cn1cc(SC=S)c2ccccc21. The van der Waals surface area contributed by atoms with Crippen molar-refractivity contribution in [3.63, 3.8) is 0 Å². The number of aryl methyl sites for hydroxylation is 1. The molecule has 2 aromatic rings. The van der Waals surface area contributed by atoms with E-state index in [1.165, 1.54) is 15.8 Å².